The van der Waals surface area contributed by atoms with Gasteiger partial charge in [-0.15, -0.1) is 0 Å². The molecule has 0 radical (unpaired) electrons. The molecule has 0 saturated heterocycles. The third-order valence-corrected chi connectivity index (χ3v) is 2.75. The van der Waals surface area contributed by atoms with E-state index in [4.69, 9.17) is 4.74 Å². The monoisotopic (exact) mass is 246 g/mol. The zero-order chi connectivity index (χ0) is 12.9. The Kier molecular flexibility index (Phi) is 11.4. The standard InChI is InChI=1S/C13H26O4/c1-16-11-12(14)9-7-5-3-4-6-8-10-13(15)17-2/h12,14H,3-11H2,1-2H3. The molecule has 0 aliphatic rings. The molecule has 1 atom stereocenters. The van der Waals surface area contributed by atoms with Crippen LogP contribution < -0.4 is 0 Å². The number of rotatable bonds is 11. The molecule has 0 aromatic heterocycles. The van der Waals surface area contributed by atoms with E-state index in [0.717, 1.165) is 38.5 Å². The molecule has 1 unspecified atom stereocenters. The number of methoxy groups -OCH3 is 2. The lowest BCUT2D eigenvalue weighted by atomic mass is 10.1. The second-order valence-corrected chi connectivity index (χ2v) is 4.35. The van der Waals surface area contributed by atoms with Crippen LogP contribution in [0.15, 0.2) is 0 Å². The summed E-state index contributed by atoms with van der Waals surface area (Å²) in [6, 6.07) is 0. The van der Waals surface area contributed by atoms with Crippen LogP contribution in [0.5, 0.6) is 0 Å². The molecular weight excluding hydrogens is 220 g/mol. The van der Waals surface area contributed by atoms with E-state index in [1.165, 1.54) is 13.5 Å². The van der Waals surface area contributed by atoms with Gasteiger partial charge >= 0.3 is 5.97 Å². The molecule has 0 aliphatic carbocycles. The summed E-state index contributed by atoms with van der Waals surface area (Å²) >= 11 is 0. The second-order valence-electron chi connectivity index (χ2n) is 4.35. The van der Waals surface area contributed by atoms with Crippen molar-refractivity contribution in [2.75, 3.05) is 20.8 Å². The first-order chi connectivity index (χ1) is 8.20. The first-order valence-corrected chi connectivity index (χ1v) is 6.44. The topological polar surface area (TPSA) is 55.8 Å². The maximum absolute atomic E-state index is 10.8. The highest BCUT2D eigenvalue weighted by Crippen LogP contribution is 2.10. The summed E-state index contributed by atoms with van der Waals surface area (Å²) in [7, 11) is 3.03. The van der Waals surface area contributed by atoms with Crippen LogP contribution in [0.1, 0.15) is 51.4 Å². The molecule has 0 amide bonds. The van der Waals surface area contributed by atoms with Crippen molar-refractivity contribution in [3.05, 3.63) is 0 Å². The average molecular weight is 246 g/mol. The van der Waals surface area contributed by atoms with Crippen LogP contribution >= 0.6 is 0 Å². The maximum atomic E-state index is 10.8. The van der Waals surface area contributed by atoms with Gasteiger partial charge in [0.2, 0.25) is 0 Å². The predicted molar refractivity (Wildman–Crippen MR) is 66.8 cm³/mol. The Morgan fingerprint density at radius 2 is 1.65 bits per heavy atom. The third-order valence-electron chi connectivity index (χ3n) is 2.75. The Morgan fingerprint density at radius 1 is 1.06 bits per heavy atom. The van der Waals surface area contributed by atoms with Crippen molar-refractivity contribution in [1.29, 1.82) is 0 Å². The fraction of sp³-hybridized carbons (Fsp3) is 0.923. The molecule has 0 heterocycles. The lowest BCUT2D eigenvalue weighted by Gasteiger charge is -2.08. The van der Waals surface area contributed by atoms with E-state index >= 15 is 0 Å². The van der Waals surface area contributed by atoms with Gasteiger partial charge in [0.15, 0.2) is 0 Å². The normalized spacial score (nSPS) is 12.4. The highest BCUT2D eigenvalue weighted by Gasteiger charge is 2.02. The van der Waals surface area contributed by atoms with Gasteiger partial charge in [0, 0.05) is 13.5 Å². The summed E-state index contributed by atoms with van der Waals surface area (Å²) in [5, 5.41) is 9.40. The number of aliphatic hydroxyl groups is 1. The molecule has 0 bridgehead atoms. The van der Waals surface area contributed by atoms with Gasteiger partial charge in [0.05, 0.1) is 19.8 Å². The van der Waals surface area contributed by atoms with Crippen LogP contribution in [0.25, 0.3) is 0 Å². The number of hydrogen-bond donors (Lipinski definition) is 1. The molecule has 102 valence electrons. The number of carbonyl (C=O) groups is 1. The van der Waals surface area contributed by atoms with Crippen molar-refractivity contribution in [3.63, 3.8) is 0 Å². The van der Waals surface area contributed by atoms with Crippen molar-refractivity contribution >= 4 is 5.97 Å². The summed E-state index contributed by atoms with van der Waals surface area (Å²) in [6.45, 7) is 0.430. The first kappa shape index (κ1) is 16.4. The van der Waals surface area contributed by atoms with Gasteiger partial charge in [-0.3, -0.25) is 4.79 Å². The Bertz CT molecular complexity index is 182. The van der Waals surface area contributed by atoms with E-state index in [-0.39, 0.29) is 12.1 Å². The summed E-state index contributed by atoms with van der Waals surface area (Å²) in [5.41, 5.74) is 0. The molecular formula is C13H26O4. The molecule has 0 rings (SSSR count). The van der Waals surface area contributed by atoms with Crippen molar-refractivity contribution < 1.29 is 19.4 Å². The summed E-state index contributed by atoms with van der Waals surface area (Å²) in [5.74, 6) is -0.118. The molecule has 4 heteroatoms. The molecule has 0 spiro atoms. The molecule has 0 aromatic rings. The molecule has 17 heavy (non-hydrogen) atoms. The van der Waals surface area contributed by atoms with E-state index in [1.807, 2.05) is 0 Å². The van der Waals surface area contributed by atoms with E-state index in [0.29, 0.717) is 13.0 Å². The van der Waals surface area contributed by atoms with Crippen LogP contribution in [0.2, 0.25) is 0 Å². The van der Waals surface area contributed by atoms with Gasteiger partial charge in [-0.1, -0.05) is 32.1 Å². The fourth-order valence-corrected chi connectivity index (χ4v) is 1.73. The Labute approximate surface area is 104 Å². The second kappa shape index (κ2) is 11.9. The van der Waals surface area contributed by atoms with E-state index in [9.17, 15) is 9.90 Å². The minimum Gasteiger partial charge on any atom is -0.469 e. The largest absolute Gasteiger partial charge is 0.469 e. The van der Waals surface area contributed by atoms with Crippen LogP contribution in [0, 0.1) is 0 Å². The van der Waals surface area contributed by atoms with Gasteiger partial charge in [-0.2, -0.15) is 0 Å². The molecule has 1 N–H and O–H groups in total. The Morgan fingerprint density at radius 3 is 2.24 bits per heavy atom. The van der Waals surface area contributed by atoms with Gasteiger partial charge in [0.25, 0.3) is 0 Å². The highest BCUT2D eigenvalue weighted by molar-refractivity contribution is 5.68. The van der Waals surface area contributed by atoms with Gasteiger partial charge in [-0.05, 0) is 12.8 Å². The van der Waals surface area contributed by atoms with Gasteiger partial charge in [0.1, 0.15) is 0 Å². The highest BCUT2D eigenvalue weighted by atomic mass is 16.5. The van der Waals surface area contributed by atoms with Gasteiger partial charge < -0.3 is 14.6 Å². The zero-order valence-corrected chi connectivity index (χ0v) is 11.1. The smallest absolute Gasteiger partial charge is 0.305 e. The SMILES string of the molecule is COCC(O)CCCCCCCCC(=O)OC. The lowest BCUT2D eigenvalue weighted by molar-refractivity contribution is -0.140. The molecule has 0 aliphatic heterocycles. The average Bonchev–Trinajstić information content (AvgIpc) is 2.32. The number of aliphatic hydroxyl groups excluding tert-OH is 1. The minimum atomic E-state index is -0.320. The molecule has 0 fully saturated rings. The van der Waals surface area contributed by atoms with Crippen molar-refractivity contribution in [1.82, 2.24) is 0 Å². The van der Waals surface area contributed by atoms with E-state index in [1.54, 1.807) is 7.11 Å². The van der Waals surface area contributed by atoms with Crippen LogP contribution in [0.3, 0.4) is 0 Å². The van der Waals surface area contributed by atoms with E-state index in [2.05, 4.69) is 4.74 Å². The summed E-state index contributed by atoms with van der Waals surface area (Å²) in [4.78, 5) is 10.8. The number of carbonyl (C=O) groups excluding carboxylic acids is 1. The van der Waals surface area contributed by atoms with Crippen LogP contribution in [0.4, 0.5) is 0 Å². The van der Waals surface area contributed by atoms with Crippen molar-refractivity contribution in [3.8, 4) is 0 Å². The molecule has 0 aromatic carbocycles. The summed E-state index contributed by atoms with van der Waals surface area (Å²) in [6.07, 6.45) is 7.52. The van der Waals surface area contributed by atoms with Crippen LogP contribution in [-0.2, 0) is 14.3 Å². The predicted octanol–water partition coefficient (Wildman–Crippen LogP) is 2.29. The van der Waals surface area contributed by atoms with Crippen LogP contribution in [-0.4, -0.2) is 38.0 Å². The number of hydrogen-bond acceptors (Lipinski definition) is 4. The van der Waals surface area contributed by atoms with Gasteiger partial charge in [-0.25, -0.2) is 0 Å². The molecule has 4 nitrogen and oxygen atoms in total. The molecule has 0 saturated carbocycles. The fourth-order valence-electron chi connectivity index (χ4n) is 1.73. The maximum Gasteiger partial charge on any atom is 0.305 e. The Balaban J connectivity index is 3.11. The number of unbranched alkanes of at least 4 members (excludes halogenated alkanes) is 5. The van der Waals surface area contributed by atoms with Crippen molar-refractivity contribution in [2.24, 2.45) is 0 Å². The minimum absolute atomic E-state index is 0.118. The third kappa shape index (κ3) is 11.6. The van der Waals surface area contributed by atoms with E-state index < -0.39 is 0 Å². The quantitative estimate of drug-likeness (QED) is 0.449. The Hall–Kier alpha value is -0.610. The number of ether oxygens (including phenoxy) is 2. The number of esters is 1. The van der Waals surface area contributed by atoms with Crippen molar-refractivity contribution in [2.45, 2.75) is 57.5 Å². The lowest BCUT2D eigenvalue weighted by Crippen LogP contribution is -2.13. The first-order valence-electron chi connectivity index (χ1n) is 6.44. The summed E-state index contributed by atoms with van der Waals surface area (Å²) < 4.78 is 9.42. The zero-order valence-electron chi connectivity index (χ0n) is 11.1.